The number of nitrogens with zero attached hydrogens (tertiary/aromatic N) is 7. The second-order valence-corrected chi connectivity index (χ2v) is 9.82. The highest BCUT2D eigenvalue weighted by Gasteiger charge is 2.20. The van der Waals surface area contributed by atoms with Gasteiger partial charge in [-0.05, 0) is 52.9 Å². The topological polar surface area (TPSA) is 109 Å². The van der Waals surface area contributed by atoms with Crippen molar-refractivity contribution in [3.8, 4) is 23.0 Å². The van der Waals surface area contributed by atoms with E-state index in [2.05, 4.69) is 39.6 Å². The van der Waals surface area contributed by atoms with E-state index in [1.165, 1.54) is 16.3 Å². The fourth-order valence-corrected chi connectivity index (χ4v) is 4.87. The van der Waals surface area contributed by atoms with Crippen LogP contribution in [0.25, 0.3) is 17.0 Å². The minimum absolute atomic E-state index is 0.158. The van der Waals surface area contributed by atoms with E-state index in [1.54, 1.807) is 24.6 Å². The third-order valence-corrected chi connectivity index (χ3v) is 6.93. The lowest BCUT2D eigenvalue weighted by Gasteiger charge is -2.09. The molecular weight excluding hydrogens is 490 g/mol. The molecule has 0 radical (unpaired) electrons. The normalized spacial score (nSPS) is 11.4. The number of benzene rings is 1. The number of hydrogen-bond acceptors (Lipinski definition) is 9. The fraction of sp³-hybridized carbons (Fsp3) is 0.308. The summed E-state index contributed by atoms with van der Waals surface area (Å²) >= 11 is 1.68. The van der Waals surface area contributed by atoms with E-state index in [-0.39, 0.29) is 22.8 Å². The van der Waals surface area contributed by atoms with E-state index in [9.17, 15) is 4.79 Å². The van der Waals surface area contributed by atoms with Gasteiger partial charge in [0.15, 0.2) is 5.56 Å². The Morgan fingerprint density at radius 2 is 1.81 bits per heavy atom. The number of rotatable bonds is 9. The first-order valence-electron chi connectivity index (χ1n) is 11.9. The van der Waals surface area contributed by atoms with Crippen LogP contribution in [0.15, 0.2) is 52.8 Å². The highest BCUT2D eigenvalue weighted by atomic mass is 32.1. The van der Waals surface area contributed by atoms with Crippen LogP contribution in [0.2, 0.25) is 0 Å². The van der Waals surface area contributed by atoms with Crippen LogP contribution in [-0.4, -0.2) is 48.8 Å². The van der Waals surface area contributed by atoms with Gasteiger partial charge in [0.1, 0.15) is 11.4 Å². The maximum absolute atomic E-state index is 13.4. The molecule has 4 aromatic heterocycles. The van der Waals surface area contributed by atoms with Crippen molar-refractivity contribution in [3.05, 3.63) is 80.2 Å². The molecule has 0 aliphatic carbocycles. The Kier molecular flexibility index (Phi) is 6.95. The van der Waals surface area contributed by atoms with Crippen molar-refractivity contribution in [2.24, 2.45) is 0 Å². The van der Waals surface area contributed by atoms with Crippen molar-refractivity contribution in [2.45, 2.75) is 39.2 Å². The van der Waals surface area contributed by atoms with E-state index in [1.807, 2.05) is 36.4 Å². The van der Waals surface area contributed by atoms with Gasteiger partial charge < -0.3 is 9.47 Å². The van der Waals surface area contributed by atoms with Crippen molar-refractivity contribution in [1.82, 2.24) is 34.6 Å². The Hall–Kier alpha value is -4.12. The molecule has 0 unspecified atom stereocenters. The number of pyridine rings is 1. The van der Waals surface area contributed by atoms with Crippen LogP contribution in [0.4, 0.5) is 0 Å². The zero-order valence-corrected chi connectivity index (χ0v) is 21.9. The third-order valence-electron chi connectivity index (χ3n) is 6.00. The van der Waals surface area contributed by atoms with Gasteiger partial charge in [-0.2, -0.15) is 9.78 Å². The molecule has 37 heavy (non-hydrogen) atoms. The SMILES string of the molecule is COc1ccc(Cn2nnc(-c3c(OC)nc4cc(CCc5nc(C(C)C)cs5)ccn4c3=O)n2)cc1. The molecule has 0 saturated heterocycles. The summed E-state index contributed by atoms with van der Waals surface area (Å²) in [7, 11) is 3.09. The van der Waals surface area contributed by atoms with Crippen molar-refractivity contribution in [1.29, 1.82) is 0 Å². The quantitative estimate of drug-likeness (QED) is 0.291. The summed E-state index contributed by atoms with van der Waals surface area (Å²) in [4.78, 5) is 24.1. The molecule has 190 valence electrons. The number of hydrogen-bond donors (Lipinski definition) is 0. The van der Waals surface area contributed by atoms with Crippen LogP contribution in [0.5, 0.6) is 11.6 Å². The van der Waals surface area contributed by atoms with Crippen LogP contribution in [-0.2, 0) is 19.4 Å². The molecule has 1 aromatic carbocycles. The molecule has 11 heteroatoms. The lowest BCUT2D eigenvalue weighted by Crippen LogP contribution is -2.19. The van der Waals surface area contributed by atoms with E-state index in [0.29, 0.717) is 18.1 Å². The zero-order valence-electron chi connectivity index (χ0n) is 21.1. The molecule has 10 nitrogen and oxygen atoms in total. The number of methoxy groups -OCH3 is 2. The Bertz CT molecular complexity index is 1590. The van der Waals surface area contributed by atoms with Gasteiger partial charge in [0.2, 0.25) is 11.7 Å². The molecule has 0 aliphatic heterocycles. The Morgan fingerprint density at radius 3 is 2.51 bits per heavy atom. The van der Waals surface area contributed by atoms with Crippen LogP contribution in [0.3, 0.4) is 0 Å². The van der Waals surface area contributed by atoms with E-state index in [0.717, 1.165) is 40.4 Å². The van der Waals surface area contributed by atoms with Gasteiger partial charge >= 0.3 is 0 Å². The number of fused-ring (bicyclic) bond motifs is 1. The predicted octanol–water partition coefficient (Wildman–Crippen LogP) is 3.78. The van der Waals surface area contributed by atoms with Gasteiger partial charge in [-0.25, -0.2) is 4.98 Å². The molecular formula is C26H27N7O3S. The van der Waals surface area contributed by atoms with Crippen LogP contribution >= 0.6 is 11.3 Å². The maximum Gasteiger partial charge on any atom is 0.273 e. The summed E-state index contributed by atoms with van der Waals surface area (Å²) in [6, 6.07) is 11.4. The van der Waals surface area contributed by atoms with Gasteiger partial charge in [-0.3, -0.25) is 9.20 Å². The molecule has 0 saturated carbocycles. The van der Waals surface area contributed by atoms with Gasteiger partial charge in [0.05, 0.1) is 31.5 Å². The second-order valence-electron chi connectivity index (χ2n) is 8.88. The minimum atomic E-state index is -0.320. The average Bonchev–Trinajstić information content (AvgIpc) is 3.57. The standard InChI is InChI=1S/C26H27N7O3S/c1-16(2)20-15-37-22(27-20)10-7-17-11-12-32-21(13-17)28-25(36-4)23(26(32)34)24-29-31-33(30-24)14-18-5-8-19(35-3)9-6-18/h5-6,8-9,11-13,15-16H,7,10,14H2,1-4H3. The van der Waals surface area contributed by atoms with Gasteiger partial charge in [0, 0.05) is 18.0 Å². The molecule has 0 fully saturated rings. The fourth-order valence-electron chi connectivity index (χ4n) is 3.92. The summed E-state index contributed by atoms with van der Waals surface area (Å²) in [5, 5.41) is 15.9. The summed E-state index contributed by atoms with van der Waals surface area (Å²) in [6.45, 7) is 4.68. The summed E-state index contributed by atoms with van der Waals surface area (Å²) < 4.78 is 12.1. The average molecular weight is 518 g/mol. The van der Waals surface area contributed by atoms with E-state index < -0.39 is 0 Å². The number of tetrazole rings is 1. The van der Waals surface area contributed by atoms with Crippen molar-refractivity contribution in [2.75, 3.05) is 14.2 Å². The lowest BCUT2D eigenvalue weighted by atomic mass is 10.1. The molecule has 5 rings (SSSR count). The number of ether oxygens (including phenoxy) is 2. The molecule has 0 N–H and O–H groups in total. The number of aryl methyl sites for hydroxylation is 2. The third kappa shape index (κ3) is 5.21. The van der Waals surface area contributed by atoms with Gasteiger partial charge in [-0.1, -0.05) is 26.0 Å². The smallest absolute Gasteiger partial charge is 0.273 e. The minimum Gasteiger partial charge on any atom is -0.497 e. The first-order chi connectivity index (χ1) is 17.9. The summed E-state index contributed by atoms with van der Waals surface area (Å²) in [5.41, 5.74) is 3.49. The van der Waals surface area contributed by atoms with E-state index >= 15 is 0 Å². The molecule has 5 aromatic rings. The molecule has 0 amide bonds. The van der Waals surface area contributed by atoms with Gasteiger partial charge in [-0.15, -0.1) is 21.5 Å². The van der Waals surface area contributed by atoms with Crippen molar-refractivity contribution < 1.29 is 9.47 Å². The second kappa shape index (κ2) is 10.5. The van der Waals surface area contributed by atoms with Crippen LogP contribution in [0.1, 0.15) is 41.6 Å². The van der Waals surface area contributed by atoms with Crippen molar-refractivity contribution >= 4 is 17.0 Å². The largest absolute Gasteiger partial charge is 0.497 e. The first kappa shape index (κ1) is 24.6. The predicted molar refractivity (Wildman–Crippen MR) is 141 cm³/mol. The maximum atomic E-state index is 13.4. The van der Waals surface area contributed by atoms with Crippen LogP contribution in [0, 0.1) is 0 Å². The highest BCUT2D eigenvalue weighted by Crippen LogP contribution is 2.23. The number of thiazole rings is 1. The summed E-state index contributed by atoms with van der Waals surface area (Å²) in [6.07, 6.45) is 3.35. The molecule has 0 aliphatic rings. The monoisotopic (exact) mass is 517 g/mol. The van der Waals surface area contributed by atoms with Crippen LogP contribution < -0.4 is 15.0 Å². The van der Waals surface area contributed by atoms with Crippen molar-refractivity contribution in [3.63, 3.8) is 0 Å². The summed E-state index contributed by atoms with van der Waals surface area (Å²) in [5.74, 6) is 1.50. The van der Waals surface area contributed by atoms with E-state index in [4.69, 9.17) is 14.5 Å². The molecule has 0 spiro atoms. The molecule has 0 bridgehead atoms. The lowest BCUT2D eigenvalue weighted by molar-refractivity contribution is 0.399. The molecule has 4 heterocycles. The Labute approximate surface area is 217 Å². The Balaban J connectivity index is 1.39. The Morgan fingerprint density at radius 1 is 1.00 bits per heavy atom. The highest BCUT2D eigenvalue weighted by molar-refractivity contribution is 7.09. The first-order valence-corrected chi connectivity index (χ1v) is 12.8. The number of aromatic nitrogens is 7. The van der Waals surface area contributed by atoms with Gasteiger partial charge in [0.25, 0.3) is 5.56 Å². The zero-order chi connectivity index (χ0) is 25.9. The molecule has 0 atom stereocenters.